The summed E-state index contributed by atoms with van der Waals surface area (Å²) < 4.78 is 73.7. The van der Waals surface area contributed by atoms with E-state index in [-0.39, 0.29) is 22.3 Å². The number of nitrogens with zero attached hydrogens (tertiary/aromatic N) is 7. The van der Waals surface area contributed by atoms with Crippen molar-refractivity contribution in [1.29, 1.82) is 36.8 Å². The van der Waals surface area contributed by atoms with Crippen molar-refractivity contribution in [2.45, 2.75) is 6.18 Å². The zero-order chi connectivity index (χ0) is 33.5. The van der Waals surface area contributed by atoms with Crippen molar-refractivity contribution in [1.82, 2.24) is 0 Å². The van der Waals surface area contributed by atoms with E-state index in [4.69, 9.17) is 0 Å². The van der Waals surface area contributed by atoms with Crippen LogP contribution < -0.4 is 0 Å². The maximum absolute atomic E-state index is 17.0. The highest BCUT2D eigenvalue weighted by Gasteiger charge is 2.44. The molecule has 214 valence electrons. The molecular weight excluding hydrogens is 601 g/mol. The molecule has 5 rings (SSSR count). The van der Waals surface area contributed by atoms with Crippen molar-refractivity contribution >= 4 is 33.4 Å². The van der Waals surface area contributed by atoms with Gasteiger partial charge in [-0.25, -0.2) is 8.78 Å². The molecule has 0 aliphatic heterocycles. The van der Waals surface area contributed by atoms with Crippen LogP contribution in [0.2, 0.25) is 0 Å². The second kappa shape index (κ2) is 11.1. The van der Waals surface area contributed by atoms with Crippen LogP contribution in [0.4, 0.5) is 22.0 Å². The minimum absolute atomic E-state index is 0.107. The van der Waals surface area contributed by atoms with Gasteiger partial charge in [-0.1, -0.05) is 24.3 Å². The molecule has 3 aromatic rings. The summed E-state index contributed by atoms with van der Waals surface area (Å²) in [6.45, 7) is 0. The number of hydrogen-bond acceptors (Lipinski definition) is 7. The number of benzene rings is 3. The predicted molar refractivity (Wildman–Crippen MR) is 150 cm³/mol. The van der Waals surface area contributed by atoms with E-state index in [0.29, 0.717) is 12.1 Å². The Morgan fingerprint density at radius 2 is 0.870 bits per heavy atom. The summed E-state index contributed by atoms with van der Waals surface area (Å²) in [7, 11) is 0. The minimum Gasteiger partial charge on any atom is -0.206 e. The molecule has 0 aromatic heterocycles. The molecule has 3 aromatic carbocycles. The molecule has 0 bridgehead atoms. The Labute approximate surface area is 256 Å². The first-order chi connectivity index (χ1) is 22.0. The molecule has 0 amide bonds. The zero-order valence-electron chi connectivity index (χ0n) is 22.6. The van der Waals surface area contributed by atoms with Gasteiger partial charge in [-0.2, -0.15) is 50.0 Å². The first-order valence-corrected chi connectivity index (χ1v) is 12.7. The van der Waals surface area contributed by atoms with Gasteiger partial charge in [0, 0.05) is 44.5 Å². The fraction of sp³-hybridized carbons (Fsp3) is 0.0294. The summed E-state index contributed by atoms with van der Waals surface area (Å²) in [6, 6.07) is 20.2. The molecule has 0 heterocycles. The predicted octanol–water partition coefficient (Wildman–Crippen LogP) is 7.35. The van der Waals surface area contributed by atoms with E-state index in [1.54, 1.807) is 36.4 Å². The standard InChI is InChI=1S/C34H8F5N7/c35-32-28-22(14-45)24(17-3-1-16(9-40)2-4-17)26(19(10-41)11-42)30(28)33(36)31-27(20(12-43)13-44)25(23(15-46)29(31)32)18-5-7-21(8-6-18)34(37,38)39/h1-8H. The summed E-state index contributed by atoms with van der Waals surface area (Å²) in [5, 5.41) is 68.8. The minimum atomic E-state index is -4.75. The van der Waals surface area contributed by atoms with E-state index in [0.717, 1.165) is 12.1 Å². The van der Waals surface area contributed by atoms with Crippen molar-refractivity contribution in [3.8, 4) is 42.5 Å². The molecule has 0 fully saturated rings. The summed E-state index contributed by atoms with van der Waals surface area (Å²) in [5.41, 5.74) is -8.40. The van der Waals surface area contributed by atoms with Gasteiger partial charge in [-0.3, -0.25) is 0 Å². The number of alkyl halides is 3. The highest BCUT2D eigenvalue weighted by Crippen LogP contribution is 2.57. The maximum atomic E-state index is 17.0. The van der Waals surface area contributed by atoms with Crippen LogP contribution in [0, 0.1) is 91.0 Å². The third kappa shape index (κ3) is 4.27. The third-order valence-corrected chi connectivity index (χ3v) is 7.35. The van der Waals surface area contributed by atoms with Crippen LogP contribution in [0.25, 0.3) is 33.4 Å². The Bertz CT molecular complexity index is 2330. The van der Waals surface area contributed by atoms with Crippen LogP contribution >= 0.6 is 0 Å². The van der Waals surface area contributed by atoms with Crippen molar-refractivity contribution < 1.29 is 22.0 Å². The van der Waals surface area contributed by atoms with Crippen molar-refractivity contribution in [2.75, 3.05) is 0 Å². The first kappa shape index (κ1) is 30.2. The fourth-order valence-electron chi connectivity index (χ4n) is 5.49. The van der Waals surface area contributed by atoms with Crippen LogP contribution in [0.15, 0.2) is 59.7 Å². The molecule has 7 nitrogen and oxygen atoms in total. The van der Waals surface area contributed by atoms with Gasteiger partial charge in [-0.15, -0.1) is 0 Å². The van der Waals surface area contributed by atoms with Crippen molar-refractivity contribution in [2.24, 2.45) is 0 Å². The summed E-state index contributed by atoms with van der Waals surface area (Å²) >= 11 is 0. The first-order valence-electron chi connectivity index (χ1n) is 12.7. The number of halogens is 5. The van der Waals surface area contributed by atoms with Crippen LogP contribution in [-0.2, 0) is 6.18 Å². The SMILES string of the molecule is N#CC(C#N)=C1C(c2ccc(C#N)cc2)=C(C#N)c2c(F)c3c(c(F)c21)C(=C(C#N)C#N)C(c1ccc(C(F)(F)F)cc1)=C3C#N. The molecule has 2 aliphatic carbocycles. The molecule has 0 spiro atoms. The highest BCUT2D eigenvalue weighted by atomic mass is 19.4. The van der Waals surface area contributed by atoms with E-state index >= 15 is 8.78 Å². The van der Waals surface area contributed by atoms with Crippen LogP contribution in [0.3, 0.4) is 0 Å². The smallest absolute Gasteiger partial charge is 0.206 e. The lowest BCUT2D eigenvalue weighted by Gasteiger charge is -2.15. The van der Waals surface area contributed by atoms with E-state index in [1.165, 1.54) is 24.3 Å². The fourth-order valence-corrected chi connectivity index (χ4v) is 5.49. The molecule has 0 radical (unpaired) electrons. The van der Waals surface area contributed by atoms with E-state index in [1.807, 2.05) is 6.07 Å². The van der Waals surface area contributed by atoms with Gasteiger partial charge in [0.05, 0.1) is 28.3 Å². The lowest BCUT2D eigenvalue weighted by molar-refractivity contribution is -0.137. The Morgan fingerprint density at radius 1 is 0.500 bits per heavy atom. The average molecular weight is 609 g/mol. The molecular formula is C34H8F5N7. The highest BCUT2D eigenvalue weighted by molar-refractivity contribution is 6.30. The Balaban J connectivity index is 1.98. The third-order valence-electron chi connectivity index (χ3n) is 7.35. The Hall–Kier alpha value is -7.30. The van der Waals surface area contributed by atoms with Crippen molar-refractivity contribution in [3.05, 3.63) is 116 Å². The van der Waals surface area contributed by atoms with Gasteiger partial charge < -0.3 is 0 Å². The molecule has 0 saturated heterocycles. The van der Waals surface area contributed by atoms with E-state index < -0.39 is 84.6 Å². The van der Waals surface area contributed by atoms with Crippen LogP contribution in [0.1, 0.15) is 44.5 Å². The monoisotopic (exact) mass is 609 g/mol. The lowest BCUT2D eigenvalue weighted by atomic mass is 9.88. The number of allylic oxidation sites excluding steroid dienone is 8. The molecule has 2 aliphatic rings. The summed E-state index contributed by atoms with van der Waals surface area (Å²) in [6.07, 6.45) is -4.75. The average Bonchev–Trinajstić information content (AvgIpc) is 3.59. The van der Waals surface area contributed by atoms with Gasteiger partial charge >= 0.3 is 6.18 Å². The molecule has 0 atom stereocenters. The summed E-state index contributed by atoms with van der Waals surface area (Å²) in [4.78, 5) is 0. The largest absolute Gasteiger partial charge is 0.416 e. The quantitative estimate of drug-likeness (QED) is 0.216. The molecule has 0 saturated carbocycles. The number of rotatable bonds is 2. The number of nitriles is 7. The molecule has 12 heteroatoms. The van der Waals surface area contributed by atoms with Gasteiger partial charge in [-0.05, 0) is 35.4 Å². The second-order valence-electron chi connectivity index (χ2n) is 9.56. The van der Waals surface area contributed by atoms with Gasteiger partial charge in [0.15, 0.2) is 0 Å². The maximum Gasteiger partial charge on any atom is 0.416 e. The van der Waals surface area contributed by atoms with Gasteiger partial charge in [0.25, 0.3) is 0 Å². The Morgan fingerprint density at radius 3 is 1.20 bits per heavy atom. The van der Waals surface area contributed by atoms with Gasteiger partial charge in [0.1, 0.15) is 59.2 Å². The molecule has 46 heavy (non-hydrogen) atoms. The molecule has 0 N–H and O–H groups in total. The lowest BCUT2D eigenvalue weighted by Crippen LogP contribution is -2.05. The second-order valence-corrected chi connectivity index (χ2v) is 9.56. The van der Waals surface area contributed by atoms with Gasteiger partial charge in [0.2, 0.25) is 0 Å². The topological polar surface area (TPSA) is 167 Å². The molecule has 0 unspecified atom stereocenters. The van der Waals surface area contributed by atoms with E-state index in [9.17, 15) is 50.0 Å². The Kier molecular flexibility index (Phi) is 7.27. The number of fused-ring (bicyclic) bond motifs is 2. The van der Waals surface area contributed by atoms with Crippen LogP contribution in [0.5, 0.6) is 0 Å². The van der Waals surface area contributed by atoms with E-state index in [2.05, 4.69) is 0 Å². The van der Waals surface area contributed by atoms with Crippen molar-refractivity contribution in [3.63, 3.8) is 0 Å². The normalized spacial score (nSPS) is 12.9. The zero-order valence-corrected chi connectivity index (χ0v) is 22.6. The summed E-state index contributed by atoms with van der Waals surface area (Å²) in [5.74, 6) is -2.76. The van der Waals surface area contributed by atoms with Crippen LogP contribution in [-0.4, -0.2) is 0 Å². The number of hydrogen-bond donors (Lipinski definition) is 0.